The number of carbonyl (C=O) groups excluding carboxylic acids is 1. The Morgan fingerprint density at radius 2 is 2.18 bits per heavy atom. The lowest BCUT2D eigenvalue weighted by Crippen LogP contribution is -2.27. The van der Waals surface area contributed by atoms with E-state index in [0.29, 0.717) is 12.3 Å². The van der Waals surface area contributed by atoms with Crippen molar-refractivity contribution in [3.05, 3.63) is 45.9 Å². The number of hydrogen-bond acceptors (Lipinski definition) is 4. The van der Waals surface area contributed by atoms with E-state index in [1.807, 2.05) is 28.5 Å². The summed E-state index contributed by atoms with van der Waals surface area (Å²) in [6, 6.07) is 8.08. The van der Waals surface area contributed by atoms with Gasteiger partial charge in [-0.25, -0.2) is 4.98 Å². The molecule has 1 aromatic carbocycles. The Balaban J connectivity index is 1.60. The summed E-state index contributed by atoms with van der Waals surface area (Å²) in [5.74, 6) is 0.898. The van der Waals surface area contributed by atoms with E-state index >= 15 is 0 Å². The molecule has 5 heteroatoms. The maximum absolute atomic E-state index is 12.2. The molecular formula is C17H20N2O2S. The van der Waals surface area contributed by atoms with Gasteiger partial charge in [-0.15, -0.1) is 11.3 Å². The van der Waals surface area contributed by atoms with Gasteiger partial charge in [0.1, 0.15) is 23.1 Å². The maximum atomic E-state index is 12.2. The minimum atomic E-state index is 0.0491. The number of aromatic nitrogens is 1. The number of hydrogen-bond donors (Lipinski definition) is 0. The van der Waals surface area contributed by atoms with Crippen molar-refractivity contribution in [1.29, 1.82) is 0 Å². The second-order valence-electron chi connectivity index (χ2n) is 5.42. The zero-order valence-electron chi connectivity index (χ0n) is 12.7. The molecule has 0 bridgehead atoms. The van der Waals surface area contributed by atoms with Crippen molar-refractivity contribution in [1.82, 2.24) is 9.88 Å². The Hall–Kier alpha value is -1.88. The molecule has 1 fully saturated rings. The van der Waals surface area contributed by atoms with Crippen LogP contribution in [-0.2, 0) is 13.0 Å². The van der Waals surface area contributed by atoms with Gasteiger partial charge in [-0.2, -0.15) is 0 Å². The fraction of sp³-hybridized carbons (Fsp3) is 0.412. The SMILES string of the molecule is CCc1cccc(OCc2nc(C(=O)N3CCCC3)cs2)c1. The molecule has 22 heavy (non-hydrogen) atoms. The molecule has 0 unspecified atom stereocenters. The Labute approximate surface area is 134 Å². The number of benzene rings is 1. The molecule has 2 heterocycles. The number of carbonyl (C=O) groups is 1. The topological polar surface area (TPSA) is 42.4 Å². The van der Waals surface area contributed by atoms with Gasteiger partial charge in [-0.05, 0) is 37.0 Å². The third kappa shape index (κ3) is 3.47. The minimum absolute atomic E-state index is 0.0491. The highest BCUT2D eigenvalue weighted by molar-refractivity contribution is 7.09. The van der Waals surface area contributed by atoms with E-state index in [0.717, 1.165) is 43.1 Å². The average Bonchev–Trinajstić information content (AvgIpc) is 3.24. The number of likely N-dealkylation sites (tertiary alicyclic amines) is 1. The van der Waals surface area contributed by atoms with Crippen molar-refractivity contribution in [2.24, 2.45) is 0 Å². The molecule has 1 saturated heterocycles. The molecule has 1 aliphatic rings. The minimum Gasteiger partial charge on any atom is -0.486 e. The van der Waals surface area contributed by atoms with E-state index < -0.39 is 0 Å². The third-order valence-corrected chi connectivity index (χ3v) is 4.66. The number of ether oxygens (including phenoxy) is 1. The molecule has 0 saturated carbocycles. The number of aryl methyl sites for hydroxylation is 1. The van der Waals surface area contributed by atoms with E-state index in [9.17, 15) is 4.79 Å². The number of thiazole rings is 1. The predicted octanol–water partition coefficient (Wildman–Crippen LogP) is 3.52. The van der Waals surface area contributed by atoms with Gasteiger partial charge in [0, 0.05) is 18.5 Å². The molecule has 1 amide bonds. The highest BCUT2D eigenvalue weighted by Crippen LogP contribution is 2.19. The Kier molecular flexibility index (Phi) is 4.73. The van der Waals surface area contributed by atoms with Crippen molar-refractivity contribution in [2.45, 2.75) is 32.8 Å². The van der Waals surface area contributed by atoms with Crippen LogP contribution in [0.2, 0.25) is 0 Å². The number of rotatable bonds is 5. The van der Waals surface area contributed by atoms with Gasteiger partial charge in [-0.1, -0.05) is 19.1 Å². The first-order valence-corrected chi connectivity index (χ1v) is 8.59. The van der Waals surface area contributed by atoms with E-state index in [1.165, 1.54) is 16.9 Å². The highest BCUT2D eigenvalue weighted by Gasteiger charge is 2.21. The summed E-state index contributed by atoms with van der Waals surface area (Å²) in [5, 5.41) is 2.67. The van der Waals surface area contributed by atoms with Crippen LogP contribution >= 0.6 is 11.3 Å². The van der Waals surface area contributed by atoms with Gasteiger partial charge in [0.05, 0.1) is 0 Å². The van der Waals surface area contributed by atoms with E-state index in [2.05, 4.69) is 18.0 Å². The van der Waals surface area contributed by atoms with Crippen LogP contribution in [0.3, 0.4) is 0 Å². The molecule has 0 atom stereocenters. The Bertz CT molecular complexity index is 648. The largest absolute Gasteiger partial charge is 0.486 e. The van der Waals surface area contributed by atoms with Crippen LogP contribution in [0.5, 0.6) is 5.75 Å². The lowest BCUT2D eigenvalue weighted by molar-refractivity contribution is 0.0787. The average molecular weight is 316 g/mol. The molecule has 2 aromatic rings. The molecule has 4 nitrogen and oxygen atoms in total. The first-order valence-electron chi connectivity index (χ1n) is 7.71. The molecule has 0 radical (unpaired) electrons. The van der Waals surface area contributed by atoms with Crippen LogP contribution in [0.15, 0.2) is 29.6 Å². The monoisotopic (exact) mass is 316 g/mol. The van der Waals surface area contributed by atoms with Crippen molar-refractivity contribution in [3.63, 3.8) is 0 Å². The normalized spacial score (nSPS) is 14.3. The standard InChI is InChI=1S/C17H20N2O2S/c1-2-13-6-5-7-14(10-13)21-11-16-18-15(12-22-16)17(20)19-8-3-4-9-19/h5-7,10,12H,2-4,8-9,11H2,1H3. The number of nitrogens with zero attached hydrogens (tertiary/aromatic N) is 2. The molecule has 0 N–H and O–H groups in total. The molecular weight excluding hydrogens is 296 g/mol. The predicted molar refractivity (Wildman–Crippen MR) is 87.4 cm³/mol. The first-order chi connectivity index (χ1) is 10.8. The fourth-order valence-electron chi connectivity index (χ4n) is 2.56. The Morgan fingerprint density at radius 1 is 1.36 bits per heavy atom. The summed E-state index contributed by atoms with van der Waals surface area (Å²) in [6.45, 7) is 4.24. The quantitative estimate of drug-likeness (QED) is 0.847. The van der Waals surface area contributed by atoms with Crippen molar-refractivity contribution in [2.75, 3.05) is 13.1 Å². The van der Waals surface area contributed by atoms with Gasteiger partial charge in [0.2, 0.25) is 0 Å². The lowest BCUT2D eigenvalue weighted by Gasteiger charge is -2.12. The van der Waals surface area contributed by atoms with Crippen LogP contribution < -0.4 is 4.74 Å². The number of amides is 1. The molecule has 3 rings (SSSR count). The maximum Gasteiger partial charge on any atom is 0.273 e. The lowest BCUT2D eigenvalue weighted by atomic mass is 10.2. The van der Waals surface area contributed by atoms with Crippen molar-refractivity contribution >= 4 is 17.2 Å². The first kappa shape index (κ1) is 15.0. The van der Waals surface area contributed by atoms with Crippen LogP contribution in [0.4, 0.5) is 0 Å². The third-order valence-electron chi connectivity index (χ3n) is 3.83. The van der Waals surface area contributed by atoms with Crippen molar-refractivity contribution < 1.29 is 9.53 Å². The van der Waals surface area contributed by atoms with Gasteiger partial charge in [0.25, 0.3) is 5.91 Å². The van der Waals surface area contributed by atoms with E-state index in [4.69, 9.17) is 4.74 Å². The molecule has 1 aromatic heterocycles. The summed E-state index contributed by atoms with van der Waals surface area (Å²) in [6.07, 6.45) is 3.18. The fourth-order valence-corrected chi connectivity index (χ4v) is 3.24. The van der Waals surface area contributed by atoms with E-state index in [1.54, 1.807) is 0 Å². The van der Waals surface area contributed by atoms with Crippen LogP contribution in [0, 0.1) is 0 Å². The smallest absolute Gasteiger partial charge is 0.273 e. The van der Waals surface area contributed by atoms with Gasteiger partial charge >= 0.3 is 0 Å². The summed E-state index contributed by atoms with van der Waals surface area (Å²) >= 11 is 1.48. The molecule has 0 spiro atoms. The summed E-state index contributed by atoms with van der Waals surface area (Å²) < 4.78 is 5.78. The molecule has 116 valence electrons. The highest BCUT2D eigenvalue weighted by atomic mass is 32.1. The molecule has 1 aliphatic heterocycles. The Morgan fingerprint density at radius 3 is 2.95 bits per heavy atom. The van der Waals surface area contributed by atoms with E-state index in [-0.39, 0.29) is 5.91 Å². The van der Waals surface area contributed by atoms with Crippen LogP contribution in [0.25, 0.3) is 0 Å². The molecule has 0 aliphatic carbocycles. The second kappa shape index (κ2) is 6.92. The second-order valence-corrected chi connectivity index (χ2v) is 6.36. The zero-order valence-corrected chi connectivity index (χ0v) is 13.6. The van der Waals surface area contributed by atoms with Crippen molar-refractivity contribution in [3.8, 4) is 5.75 Å². The van der Waals surface area contributed by atoms with Crippen LogP contribution in [0.1, 0.15) is 40.8 Å². The van der Waals surface area contributed by atoms with Crippen LogP contribution in [-0.4, -0.2) is 28.9 Å². The summed E-state index contributed by atoms with van der Waals surface area (Å²) in [7, 11) is 0. The van der Waals surface area contributed by atoms with Gasteiger partial charge < -0.3 is 9.64 Å². The summed E-state index contributed by atoms with van der Waals surface area (Å²) in [5.41, 5.74) is 1.80. The summed E-state index contributed by atoms with van der Waals surface area (Å²) in [4.78, 5) is 18.5. The zero-order chi connectivity index (χ0) is 15.4. The van der Waals surface area contributed by atoms with Gasteiger partial charge in [0.15, 0.2) is 0 Å². The van der Waals surface area contributed by atoms with Gasteiger partial charge in [-0.3, -0.25) is 4.79 Å².